The van der Waals surface area contributed by atoms with Gasteiger partial charge in [-0.2, -0.15) is 12.6 Å². The zero-order chi connectivity index (χ0) is 12.7. The topological polar surface area (TPSA) is 26.3 Å². The van der Waals surface area contributed by atoms with Crippen LogP contribution in [-0.2, 0) is 4.79 Å². The maximum absolute atomic E-state index is 11.8. The monoisotopic (exact) mass is 248 g/mol. The van der Waals surface area contributed by atoms with Crippen LogP contribution in [0, 0.1) is 0 Å². The fourth-order valence-corrected chi connectivity index (χ4v) is 1.63. The highest BCUT2D eigenvalue weighted by Gasteiger charge is 2.11. The number of hydrogen-bond acceptors (Lipinski definition) is 3. The molecule has 90 valence electrons. The van der Waals surface area contributed by atoms with Gasteiger partial charge in [-0.15, -0.1) is 0 Å². The van der Waals surface area contributed by atoms with E-state index in [1.54, 1.807) is 12.1 Å². The summed E-state index contributed by atoms with van der Waals surface area (Å²) in [6.07, 6.45) is 3.20. The van der Waals surface area contributed by atoms with Gasteiger partial charge in [0, 0.05) is 11.1 Å². The van der Waals surface area contributed by atoms with E-state index in [1.807, 2.05) is 25.1 Å². The Labute approximate surface area is 107 Å². The van der Waals surface area contributed by atoms with Crippen LogP contribution < -0.4 is 4.74 Å². The van der Waals surface area contributed by atoms with Crippen LogP contribution in [0.5, 0.6) is 5.75 Å². The van der Waals surface area contributed by atoms with Gasteiger partial charge < -0.3 is 4.74 Å². The highest BCUT2D eigenvalue weighted by Crippen LogP contribution is 2.21. The van der Waals surface area contributed by atoms with E-state index in [1.165, 1.54) is 5.41 Å². The number of hydrogen-bond donors (Lipinski definition) is 1. The molecule has 2 nitrogen and oxygen atoms in total. The molecule has 0 radical (unpaired) electrons. The molecule has 1 rings (SSSR count). The van der Waals surface area contributed by atoms with Gasteiger partial charge in [0.15, 0.2) is 0 Å². The van der Waals surface area contributed by atoms with Gasteiger partial charge in [0.2, 0.25) is 0 Å². The molecule has 17 heavy (non-hydrogen) atoms. The van der Waals surface area contributed by atoms with Crippen LogP contribution >= 0.6 is 12.6 Å². The van der Waals surface area contributed by atoms with E-state index in [2.05, 4.69) is 19.2 Å². The number of carbonyl (C=O) groups excluding carboxylic acids is 1. The average Bonchev–Trinajstić information content (AvgIpc) is 2.36. The summed E-state index contributed by atoms with van der Waals surface area (Å²) in [4.78, 5) is 11.8. The molecule has 0 N–H and O–H groups in total. The van der Waals surface area contributed by atoms with Crippen molar-refractivity contribution in [1.82, 2.24) is 0 Å². The second-order valence-corrected chi connectivity index (χ2v) is 3.79. The van der Waals surface area contributed by atoms with Crippen molar-refractivity contribution in [3.63, 3.8) is 0 Å². The van der Waals surface area contributed by atoms with E-state index < -0.39 is 0 Å². The van der Waals surface area contributed by atoms with E-state index in [-0.39, 0.29) is 5.97 Å². The molecule has 3 heteroatoms. The average molecular weight is 248 g/mol. The van der Waals surface area contributed by atoms with Crippen molar-refractivity contribution < 1.29 is 9.53 Å². The van der Waals surface area contributed by atoms with Crippen molar-refractivity contribution in [3.05, 3.63) is 47.4 Å². The summed E-state index contributed by atoms with van der Waals surface area (Å²) in [5.74, 6) is 0.174. The Kier molecular flexibility index (Phi) is 5.57. The van der Waals surface area contributed by atoms with Crippen molar-refractivity contribution in [1.29, 1.82) is 0 Å². The maximum Gasteiger partial charge on any atom is 0.339 e. The third-order valence-corrected chi connectivity index (χ3v) is 2.59. The van der Waals surface area contributed by atoms with Gasteiger partial charge in [-0.25, -0.2) is 4.79 Å². The molecule has 0 amide bonds. The molecule has 0 bridgehead atoms. The minimum absolute atomic E-state index is 0.351. The van der Waals surface area contributed by atoms with E-state index in [0.717, 1.165) is 12.0 Å². The first-order chi connectivity index (χ1) is 8.22. The third kappa shape index (κ3) is 3.79. The van der Waals surface area contributed by atoms with Crippen LogP contribution in [0.3, 0.4) is 0 Å². The quantitative estimate of drug-likeness (QED) is 0.371. The normalized spacial score (nSPS) is 11.1. The summed E-state index contributed by atoms with van der Waals surface area (Å²) in [7, 11) is 0. The standard InChI is InChI=1S/C14H16O2S/c1-3-7-12(10-17)14(15)16-13-9-6-5-8-11(13)4-2/h4-6,8-10,17H,2-3,7H2,1H3/b12-10+. The molecule has 0 fully saturated rings. The van der Waals surface area contributed by atoms with Gasteiger partial charge in [-0.05, 0) is 17.9 Å². The lowest BCUT2D eigenvalue weighted by molar-refractivity contribution is -0.130. The molecule has 0 atom stereocenters. The maximum atomic E-state index is 11.8. The Hall–Kier alpha value is -1.48. The van der Waals surface area contributed by atoms with Crippen molar-refractivity contribution >= 4 is 24.7 Å². The van der Waals surface area contributed by atoms with Crippen LogP contribution in [0.25, 0.3) is 6.08 Å². The number of para-hydroxylation sites is 1. The minimum Gasteiger partial charge on any atom is -0.423 e. The van der Waals surface area contributed by atoms with E-state index in [0.29, 0.717) is 17.7 Å². The first-order valence-corrected chi connectivity index (χ1v) is 6.01. The highest BCUT2D eigenvalue weighted by molar-refractivity contribution is 7.83. The highest BCUT2D eigenvalue weighted by atomic mass is 32.1. The van der Waals surface area contributed by atoms with Crippen LogP contribution in [0.1, 0.15) is 25.3 Å². The van der Waals surface area contributed by atoms with Crippen molar-refractivity contribution in [2.45, 2.75) is 19.8 Å². The Morgan fingerprint density at radius 1 is 1.47 bits per heavy atom. The summed E-state index contributed by atoms with van der Waals surface area (Å²) in [6.45, 7) is 5.68. The number of rotatable bonds is 5. The molecule has 0 spiro atoms. The minimum atomic E-state index is -0.351. The molecule has 0 heterocycles. The Balaban J connectivity index is 2.84. The Morgan fingerprint density at radius 3 is 2.76 bits per heavy atom. The van der Waals surface area contributed by atoms with Gasteiger partial charge in [0.25, 0.3) is 0 Å². The largest absolute Gasteiger partial charge is 0.423 e. The van der Waals surface area contributed by atoms with Crippen molar-refractivity contribution in [3.8, 4) is 5.75 Å². The Bertz CT molecular complexity index is 436. The summed E-state index contributed by atoms with van der Waals surface area (Å²) < 4.78 is 5.31. The van der Waals surface area contributed by atoms with Crippen molar-refractivity contribution in [2.24, 2.45) is 0 Å². The summed E-state index contributed by atoms with van der Waals surface area (Å²) in [5, 5.41) is 1.50. The molecule has 1 aromatic carbocycles. The molecule has 0 aliphatic rings. The van der Waals surface area contributed by atoms with Crippen LogP contribution in [0.2, 0.25) is 0 Å². The van der Waals surface area contributed by atoms with Gasteiger partial charge in [-0.3, -0.25) is 0 Å². The zero-order valence-electron chi connectivity index (χ0n) is 9.85. The number of carbonyl (C=O) groups is 1. The predicted molar refractivity (Wildman–Crippen MR) is 74.1 cm³/mol. The SMILES string of the molecule is C=Cc1ccccc1OC(=O)/C(=C/S)CCC. The first kappa shape index (κ1) is 13.6. The summed E-state index contributed by atoms with van der Waals surface area (Å²) >= 11 is 4.02. The molecule has 0 saturated carbocycles. The molecule has 1 aromatic rings. The predicted octanol–water partition coefficient (Wildman–Crippen LogP) is 3.85. The number of thiol groups is 1. The Morgan fingerprint density at radius 2 is 2.18 bits per heavy atom. The van der Waals surface area contributed by atoms with Gasteiger partial charge in [0.05, 0.1) is 0 Å². The summed E-state index contributed by atoms with van der Waals surface area (Å²) in [6, 6.07) is 7.28. The number of benzene rings is 1. The van der Waals surface area contributed by atoms with Gasteiger partial charge in [-0.1, -0.05) is 44.2 Å². The van der Waals surface area contributed by atoms with E-state index in [9.17, 15) is 4.79 Å². The lowest BCUT2D eigenvalue weighted by Crippen LogP contribution is -2.11. The van der Waals surface area contributed by atoms with Crippen LogP contribution in [0.15, 0.2) is 41.8 Å². The molecular weight excluding hydrogens is 232 g/mol. The van der Waals surface area contributed by atoms with Crippen LogP contribution in [-0.4, -0.2) is 5.97 Å². The number of ether oxygens (including phenoxy) is 1. The zero-order valence-corrected chi connectivity index (χ0v) is 10.7. The lowest BCUT2D eigenvalue weighted by Gasteiger charge is -2.08. The third-order valence-electron chi connectivity index (χ3n) is 2.28. The second-order valence-electron chi connectivity index (χ2n) is 3.54. The van der Waals surface area contributed by atoms with Crippen molar-refractivity contribution in [2.75, 3.05) is 0 Å². The second kappa shape index (κ2) is 6.97. The summed E-state index contributed by atoms with van der Waals surface area (Å²) in [5.41, 5.74) is 1.38. The number of esters is 1. The molecule has 0 aliphatic heterocycles. The van der Waals surface area contributed by atoms with E-state index >= 15 is 0 Å². The molecule has 0 aromatic heterocycles. The molecular formula is C14H16O2S. The smallest absolute Gasteiger partial charge is 0.339 e. The first-order valence-electron chi connectivity index (χ1n) is 5.49. The fraction of sp³-hybridized carbons (Fsp3) is 0.214. The molecule has 0 unspecified atom stereocenters. The van der Waals surface area contributed by atoms with Gasteiger partial charge in [0.1, 0.15) is 5.75 Å². The van der Waals surface area contributed by atoms with Gasteiger partial charge >= 0.3 is 5.97 Å². The lowest BCUT2D eigenvalue weighted by atomic mass is 10.1. The fourth-order valence-electron chi connectivity index (χ4n) is 1.40. The molecule has 0 aliphatic carbocycles. The van der Waals surface area contributed by atoms with Crippen LogP contribution in [0.4, 0.5) is 0 Å². The van der Waals surface area contributed by atoms with E-state index in [4.69, 9.17) is 4.74 Å². The molecule has 0 saturated heterocycles.